The summed E-state index contributed by atoms with van der Waals surface area (Å²) in [6.07, 6.45) is 4.18. The van der Waals surface area contributed by atoms with Gasteiger partial charge in [-0.15, -0.1) is 11.3 Å². The number of nitrogens with zero attached hydrogens (tertiary/aromatic N) is 1. The van der Waals surface area contributed by atoms with Crippen molar-refractivity contribution in [3.63, 3.8) is 0 Å². The van der Waals surface area contributed by atoms with Gasteiger partial charge in [0.25, 0.3) is 0 Å². The molecule has 2 aromatic rings. The van der Waals surface area contributed by atoms with E-state index in [1.54, 1.807) is 22.7 Å². The van der Waals surface area contributed by atoms with Gasteiger partial charge in [0.15, 0.2) is 0 Å². The lowest BCUT2D eigenvalue weighted by Crippen LogP contribution is -2.23. The Kier molecular flexibility index (Phi) is 4.51. The Bertz CT molecular complexity index is 381. The molecule has 0 radical (unpaired) electrons. The Morgan fingerprint density at radius 3 is 3.06 bits per heavy atom. The predicted molar refractivity (Wildman–Crippen MR) is 71.2 cm³/mol. The van der Waals surface area contributed by atoms with Crippen molar-refractivity contribution < 1.29 is 0 Å². The zero-order valence-electron chi connectivity index (χ0n) is 9.35. The Labute approximate surface area is 104 Å². The molecule has 0 amide bonds. The molecule has 0 bridgehead atoms. The second-order valence-electron chi connectivity index (χ2n) is 3.74. The third-order valence-corrected chi connectivity index (χ3v) is 3.98. The van der Waals surface area contributed by atoms with Crippen molar-refractivity contribution in [1.82, 2.24) is 10.3 Å². The van der Waals surface area contributed by atoms with Gasteiger partial charge in [-0.3, -0.25) is 4.98 Å². The third-order valence-electron chi connectivity index (χ3n) is 2.48. The first-order valence-electron chi connectivity index (χ1n) is 5.53. The highest BCUT2D eigenvalue weighted by atomic mass is 32.1. The summed E-state index contributed by atoms with van der Waals surface area (Å²) in [5.74, 6) is 0. The van der Waals surface area contributed by atoms with E-state index in [1.165, 1.54) is 16.9 Å². The molecule has 86 valence electrons. The largest absolute Gasteiger partial charge is 0.310 e. The van der Waals surface area contributed by atoms with Crippen molar-refractivity contribution in [2.24, 2.45) is 0 Å². The number of aromatic nitrogens is 1. The maximum Gasteiger partial charge on any atom is 0.0794 e. The molecule has 1 N–H and O–H groups in total. The first kappa shape index (κ1) is 11.8. The minimum atomic E-state index is 0.437. The summed E-state index contributed by atoms with van der Waals surface area (Å²) >= 11 is 3.50. The summed E-state index contributed by atoms with van der Waals surface area (Å²) in [7, 11) is 0. The fourth-order valence-electron chi connectivity index (χ4n) is 1.64. The van der Waals surface area contributed by atoms with Gasteiger partial charge in [-0.2, -0.15) is 11.3 Å². The average molecular weight is 252 g/mol. The van der Waals surface area contributed by atoms with Gasteiger partial charge in [-0.25, -0.2) is 0 Å². The van der Waals surface area contributed by atoms with Gasteiger partial charge in [-0.1, -0.05) is 6.92 Å². The SMILES string of the molecule is CCCNC(Cc1cncs1)c1ccsc1. The predicted octanol–water partition coefficient (Wildman–Crippen LogP) is 3.49. The van der Waals surface area contributed by atoms with Crippen LogP contribution < -0.4 is 5.32 Å². The first-order chi connectivity index (χ1) is 7.90. The van der Waals surface area contributed by atoms with Crippen LogP contribution >= 0.6 is 22.7 Å². The van der Waals surface area contributed by atoms with Crippen molar-refractivity contribution in [2.45, 2.75) is 25.8 Å². The molecule has 2 rings (SSSR count). The van der Waals surface area contributed by atoms with Gasteiger partial charge in [-0.05, 0) is 35.4 Å². The van der Waals surface area contributed by atoms with E-state index in [4.69, 9.17) is 0 Å². The summed E-state index contributed by atoms with van der Waals surface area (Å²) in [5.41, 5.74) is 3.30. The second kappa shape index (κ2) is 6.13. The molecule has 2 aromatic heterocycles. The maximum absolute atomic E-state index is 4.13. The molecule has 2 nitrogen and oxygen atoms in total. The standard InChI is InChI=1S/C12H16N2S2/c1-2-4-14-12(10-3-5-15-8-10)6-11-7-13-9-16-11/h3,5,7-9,12,14H,2,4,6H2,1H3. The molecule has 0 saturated carbocycles. The molecule has 0 aromatic carbocycles. The number of hydrogen-bond acceptors (Lipinski definition) is 4. The molecular formula is C12H16N2S2. The quantitative estimate of drug-likeness (QED) is 0.851. The first-order valence-corrected chi connectivity index (χ1v) is 7.35. The number of hydrogen-bond donors (Lipinski definition) is 1. The summed E-state index contributed by atoms with van der Waals surface area (Å²) in [6.45, 7) is 3.27. The van der Waals surface area contributed by atoms with Gasteiger partial charge in [0, 0.05) is 23.5 Å². The van der Waals surface area contributed by atoms with Crippen LogP contribution in [0.5, 0.6) is 0 Å². The Balaban J connectivity index is 2.03. The molecule has 4 heteroatoms. The Morgan fingerprint density at radius 1 is 1.50 bits per heavy atom. The smallest absolute Gasteiger partial charge is 0.0794 e. The highest BCUT2D eigenvalue weighted by Gasteiger charge is 2.12. The van der Waals surface area contributed by atoms with Gasteiger partial charge in [0.2, 0.25) is 0 Å². The lowest BCUT2D eigenvalue weighted by Gasteiger charge is -2.16. The van der Waals surface area contributed by atoms with Crippen LogP contribution in [0.1, 0.15) is 29.8 Å². The minimum absolute atomic E-state index is 0.437. The van der Waals surface area contributed by atoms with Crippen molar-refractivity contribution in [2.75, 3.05) is 6.54 Å². The molecule has 0 saturated heterocycles. The fourth-order valence-corrected chi connectivity index (χ4v) is 3.00. The molecule has 2 heterocycles. The van der Waals surface area contributed by atoms with Crippen LogP contribution in [0.15, 0.2) is 28.5 Å². The lowest BCUT2D eigenvalue weighted by molar-refractivity contribution is 0.533. The lowest BCUT2D eigenvalue weighted by atomic mass is 10.1. The molecule has 0 aliphatic heterocycles. The van der Waals surface area contributed by atoms with Crippen LogP contribution in [0, 0.1) is 0 Å². The average Bonchev–Trinajstić information content (AvgIpc) is 2.96. The number of nitrogens with one attached hydrogen (secondary N) is 1. The van der Waals surface area contributed by atoms with E-state index < -0.39 is 0 Å². The van der Waals surface area contributed by atoms with E-state index in [-0.39, 0.29) is 0 Å². The highest BCUT2D eigenvalue weighted by Crippen LogP contribution is 2.22. The monoisotopic (exact) mass is 252 g/mol. The molecule has 0 aliphatic rings. The summed E-state index contributed by atoms with van der Waals surface area (Å²) in [5, 5.41) is 7.97. The van der Waals surface area contributed by atoms with Crippen molar-refractivity contribution in [1.29, 1.82) is 0 Å². The van der Waals surface area contributed by atoms with E-state index in [0.717, 1.165) is 13.0 Å². The second-order valence-corrected chi connectivity index (χ2v) is 5.49. The van der Waals surface area contributed by atoms with Crippen LogP contribution in [0.25, 0.3) is 0 Å². The van der Waals surface area contributed by atoms with Gasteiger partial charge in [0.05, 0.1) is 5.51 Å². The van der Waals surface area contributed by atoms with E-state index in [0.29, 0.717) is 6.04 Å². The molecule has 0 fully saturated rings. The Morgan fingerprint density at radius 2 is 2.44 bits per heavy atom. The zero-order chi connectivity index (χ0) is 11.2. The van der Waals surface area contributed by atoms with Crippen LogP contribution in [0.3, 0.4) is 0 Å². The normalized spacial score (nSPS) is 12.8. The van der Waals surface area contributed by atoms with Crippen LogP contribution in [-0.2, 0) is 6.42 Å². The molecule has 16 heavy (non-hydrogen) atoms. The molecule has 1 atom stereocenters. The van der Waals surface area contributed by atoms with Crippen LogP contribution in [-0.4, -0.2) is 11.5 Å². The topological polar surface area (TPSA) is 24.9 Å². The molecule has 0 aliphatic carbocycles. The third kappa shape index (κ3) is 3.14. The summed E-state index contributed by atoms with van der Waals surface area (Å²) < 4.78 is 0. The van der Waals surface area contributed by atoms with E-state index in [1.807, 2.05) is 11.7 Å². The van der Waals surface area contributed by atoms with Gasteiger partial charge < -0.3 is 5.32 Å². The van der Waals surface area contributed by atoms with Gasteiger partial charge in [0.1, 0.15) is 0 Å². The Hall–Kier alpha value is -0.710. The highest BCUT2D eigenvalue weighted by molar-refractivity contribution is 7.09. The zero-order valence-corrected chi connectivity index (χ0v) is 11.0. The van der Waals surface area contributed by atoms with Crippen molar-refractivity contribution >= 4 is 22.7 Å². The summed E-state index contributed by atoms with van der Waals surface area (Å²) in [6, 6.07) is 2.64. The van der Waals surface area contributed by atoms with E-state index >= 15 is 0 Å². The number of rotatable bonds is 6. The van der Waals surface area contributed by atoms with Gasteiger partial charge >= 0.3 is 0 Å². The number of thiazole rings is 1. The molecular weight excluding hydrogens is 236 g/mol. The van der Waals surface area contributed by atoms with E-state index in [2.05, 4.69) is 34.1 Å². The van der Waals surface area contributed by atoms with E-state index in [9.17, 15) is 0 Å². The van der Waals surface area contributed by atoms with Crippen molar-refractivity contribution in [3.05, 3.63) is 39.0 Å². The summed E-state index contributed by atoms with van der Waals surface area (Å²) in [4.78, 5) is 5.48. The van der Waals surface area contributed by atoms with Crippen molar-refractivity contribution in [3.8, 4) is 0 Å². The number of thiophene rings is 1. The fraction of sp³-hybridized carbons (Fsp3) is 0.417. The molecule has 0 spiro atoms. The molecule has 1 unspecified atom stereocenters. The maximum atomic E-state index is 4.13. The van der Waals surface area contributed by atoms with Crippen LogP contribution in [0.4, 0.5) is 0 Å². The minimum Gasteiger partial charge on any atom is -0.310 e. The van der Waals surface area contributed by atoms with Crippen LogP contribution in [0.2, 0.25) is 0 Å².